The van der Waals surface area contributed by atoms with Crippen molar-refractivity contribution in [1.82, 2.24) is 0 Å². The molecule has 2 aromatic rings. The van der Waals surface area contributed by atoms with Gasteiger partial charge in [-0.1, -0.05) is 18.2 Å². The number of nitrogens with zero attached hydrogens (tertiary/aromatic N) is 1. The van der Waals surface area contributed by atoms with Crippen LogP contribution in [0.4, 0.5) is 11.4 Å². The molecule has 0 aliphatic carbocycles. The van der Waals surface area contributed by atoms with Crippen molar-refractivity contribution < 1.29 is 9.59 Å². The summed E-state index contributed by atoms with van der Waals surface area (Å²) in [4.78, 5) is 23.2. The molecule has 22 heavy (non-hydrogen) atoms. The molecule has 0 fully saturated rings. The van der Waals surface area contributed by atoms with Gasteiger partial charge in [0, 0.05) is 23.9 Å². The van der Waals surface area contributed by atoms with Gasteiger partial charge in [0.25, 0.3) is 5.91 Å². The lowest BCUT2D eigenvalue weighted by Gasteiger charge is -2.08. The third kappa shape index (κ3) is 4.18. The molecule has 0 saturated heterocycles. The molecule has 0 saturated carbocycles. The molecule has 0 bridgehead atoms. The van der Waals surface area contributed by atoms with E-state index in [0.717, 1.165) is 5.56 Å². The molecule has 2 amide bonds. The van der Waals surface area contributed by atoms with E-state index in [1.807, 2.05) is 0 Å². The summed E-state index contributed by atoms with van der Waals surface area (Å²) in [6, 6.07) is 15.9. The lowest BCUT2D eigenvalue weighted by molar-refractivity contribution is -0.114. The van der Waals surface area contributed by atoms with Gasteiger partial charge in [0.1, 0.15) is 0 Å². The van der Waals surface area contributed by atoms with Crippen molar-refractivity contribution in [1.29, 1.82) is 5.26 Å². The van der Waals surface area contributed by atoms with E-state index < -0.39 is 0 Å². The average Bonchev–Trinajstić information content (AvgIpc) is 2.49. The average molecular weight is 293 g/mol. The zero-order valence-electron chi connectivity index (χ0n) is 12.1. The van der Waals surface area contributed by atoms with Crippen LogP contribution in [0.2, 0.25) is 0 Å². The fourth-order valence-electron chi connectivity index (χ4n) is 1.94. The smallest absolute Gasteiger partial charge is 0.255 e. The minimum Gasteiger partial charge on any atom is -0.326 e. The molecule has 2 N–H and O–H groups in total. The Morgan fingerprint density at radius 3 is 2.41 bits per heavy atom. The Hall–Kier alpha value is -3.13. The van der Waals surface area contributed by atoms with Crippen LogP contribution in [0.1, 0.15) is 22.8 Å². The standard InChI is InChI=1S/C17H15N3O2/c1-12(21)19-16-4-2-3-14(11-16)17(22)20-15-7-5-13(6-8-15)9-10-18/h2-8,11H,9H2,1H3,(H,19,21)(H,20,22). The van der Waals surface area contributed by atoms with E-state index in [1.54, 1.807) is 48.5 Å². The normalized spacial score (nSPS) is 9.64. The molecule has 0 heterocycles. The van der Waals surface area contributed by atoms with Gasteiger partial charge in [0.2, 0.25) is 5.91 Å². The van der Waals surface area contributed by atoms with Crippen molar-refractivity contribution in [3.05, 3.63) is 59.7 Å². The largest absolute Gasteiger partial charge is 0.326 e. The predicted octanol–water partition coefficient (Wildman–Crippen LogP) is 2.96. The minimum atomic E-state index is -0.264. The van der Waals surface area contributed by atoms with E-state index in [0.29, 0.717) is 23.4 Å². The molecular weight excluding hydrogens is 278 g/mol. The summed E-state index contributed by atoms with van der Waals surface area (Å²) in [5, 5.41) is 14.0. The summed E-state index contributed by atoms with van der Waals surface area (Å²) in [7, 11) is 0. The Morgan fingerprint density at radius 1 is 1.05 bits per heavy atom. The number of carbonyl (C=O) groups excluding carboxylic acids is 2. The van der Waals surface area contributed by atoms with Gasteiger partial charge < -0.3 is 10.6 Å². The minimum absolute atomic E-state index is 0.189. The lowest BCUT2D eigenvalue weighted by Crippen LogP contribution is -2.13. The zero-order valence-corrected chi connectivity index (χ0v) is 12.1. The summed E-state index contributed by atoms with van der Waals surface area (Å²) in [5.74, 6) is -0.453. The van der Waals surface area contributed by atoms with E-state index in [2.05, 4.69) is 16.7 Å². The maximum atomic E-state index is 12.2. The number of anilines is 2. The fourth-order valence-corrected chi connectivity index (χ4v) is 1.94. The van der Waals surface area contributed by atoms with Gasteiger partial charge in [-0.3, -0.25) is 9.59 Å². The Morgan fingerprint density at radius 2 is 1.77 bits per heavy atom. The number of hydrogen-bond donors (Lipinski definition) is 2. The summed E-state index contributed by atoms with van der Waals surface area (Å²) in [6.45, 7) is 1.41. The first kappa shape index (κ1) is 15.3. The first-order valence-corrected chi connectivity index (χ1v) is 6.73. The third-order valence-corrected chi connectivity index (χ3v) is 2.94. The topological polar surface area (TPSA) is 82.0 Å². The van der Waals surface area contributed by atoms with Crippen LogP contribution in [-0.2, 0) is 11.2 Å². The van der Waals surface area contributed by atoms with Gasteiger partial charge in [0.05, 0.1) is 12.5 Å². The van der Waals surface area contributed by atoms with E-state index in [-0.39, 0.29) is 11.8 Å². The Balaban J connectivity index is 2.08. The van der Waals surface area contributed by atoms with Gasteiger partial charge in [-0.15, -0.1) is 0 Å². The van der Waals surface area contributed by atoms with Crippen LogP contribution in [0.5, 0.6) is 0 Å². The first-order chi connectivity index (χ1) is 10.6. The SMILES string of the molecule is CC(=O)Nc1cccc(C(=O)Nc2ccc(CC#N)cc2)c1. The van der Waals surface area contributed by atoms with Crippen molar-refractivity contribution in [3.8, 4) is 6.07 Å². The monoisotopic (exact) mass is 293 g/mol. The molecule has 0 atom stereocenters. The fraction of sp³-hybridized carbons (Fsp3) is 0.118. The molecule has 0 radical (unpaired) electrons. The van der Waals surface area contributed by atoms with Crippen LogP contribution in [0.15, 0.2) is 48.5 Å². The molecule has 0 aromatic heterocycles. The number of nitrogens with one attached hydrogen (secondary N) is 2. The molecule has 0 aliphatic rings. The number of hydrogen-bond acceptors (Lipinski definition) is 3. The predicted molar refractivity (Wildman–Crippen MR) is 84.5 cm³/mol. The quantitative estimate of drug-likeness (QED) is 0.909. The van der Waals surface area contributed by atoms with Crippen LogP contribution in [0, 0.1) is 11.3 Å². The molecule has 0 spiro atoms. The number of amides is 2. The summed E-state index contributed by atoms with van der Waals surface area (Å²) < 4.78 is 0. The van der Waals surface area contributed by atoms with Gasteiger partial charge >= 0.3 is 0 Å². The zero-order chi connectivity index (χ0) is 15.9. The van der Waals surface area contributed by atoms with Crippen LogP contribution >= 0.6 is 0 Å². The molecule has 5 nitrogen and oxygen atoms in total. The van der Waals surface area contributed by atoms with Crippen molar-refractivity contribution >= 4 is 23.2 Å². The van der Waals surface area contributed by atoms with E-state index in [4.69, 9.17) is 5.26 Å². The lowest BCUT2D eigenvalue weighted by atomic mass is 10.1. The molecule has 0 unspecified atom stereocenters. The van der Waals surface area contributed by atoms with Crippen LogP contribution in [0.3, 0.4) is 0 Å². The highest BCUT2D eigenvalue weighted by molar-refractivity contribution is 6.05. The Kier molecular flexibility index (Phi) is 4.89. The van der Waals surface area contributed by atoms with Crippen LogP contribution in [0.25, 0.3) is 0 Å². The summed E-state index contributed by atoms with van der Waals surface area (Å²) in [6.07, 6.45) is 0.340. The summed E-state index contributed by atoms with van der Waals surface area (Å²) in [5.41, 5.74) is 2.57. The maximum absolute atomic E-state index is 12.2. The highest BCUT2D eigenvalue weighted by Gasteiger charge is 2.07. The Labute approximate surface area is 128 Å². The molecule has 2 aromatic carbocycles. The van der Waals surface area contributed by atoms with E-state index >= 15 is 0 Å². The third-order valence-electron chi connectivity index (χ3n) is 2.94. The van der Waals surface area contributed by atoms with Crippen molar-refractivity contribution in [3.63, 3.8) is 0 Å². The maximum Gasteiger partial charge on any atom is 0.255 e. The van der Waals surface area contributed by atoms with Gasteiger partial charge in [0.15, 0.2) is 0 Å². The van der Waals surface area contributed by atoms with Gasteiger partial charge in [-0.2, -0.15) is 5.26 Å². The van der Waals surface area contributed by atoms with Crippen LogP contribution in [-0.4, -0.2) is 11.8 Å². The Bertz CT molecular complexity index is 730. The second kappa shape index (κ2) is 7.04. The van der Waals surface area contributed by atoms with Crippen molar-refractivity contribution in [2.24, 2.45) is 0 Å². The number of rotatable bonds is 4. The molecule has 2 rings (SSSR count). The highest BCUT2D eigenvalue weighted by Crippen LogP contribution is 2.14. The second-order valence-corrected chi connectivity index (χ2v) is 4.75. The molecule has 5 heteroatoms. The van der Waals surface area contributed by atoms with Crippen molar-refractivity contribution in [2.75, 3.05) is 10.6 Å². The van der Waals surface area contributed by atoms with E-state index in [9.17, 15) is 9.59 Å². The van der Waals surface area contributed by atoms with E-state index in [1.165, 1.54) is 6.92 Å². The molecule has 110 valence electrons. The number of nitriles is 1. The molecular formula is C17H15N3O2. The second-order valence-electron chi connectivity index (χ2n) is 4.75. The number of carbonyl (C=O) groups is 2. The first-order valence-electron chi connectivity index (χ1n) is 6.73. The summed E-state index contributed by atoms with van der Waals surface area (Å²) >= 11 is 0. The van der Waals surface area contributed by atoms with Crippen LogP contribution < -0.4 is 10.6 Å². The van der Waals surface area contributed by atoms with Gasteiger partial charge in [-0.05, 0) is 35.9 Å². The van der Waals surface area contributed by atoms with Crippen molar-refractivity contribution in [2.45, 2.75) is 13.3 Å². The van der Waals surface area contributed by atoms with Gasteiger partial charge in [-0.25, -0.2) is 0 Å². The number of benzene rings is 2. The highest BCUT2D eigenvalue weighted by atomic mass is 16.2. The molecule has 0 aliphatic heterocycles.